The second kappa shape index (κ2) is 8.30. The summed E-state index contributed by atoms with van der Waals surface area (Å²) in [6, 6.07) is 12.9. The van der Waals surface area contributed by atoms with E-state index in [1.807, 2.05) is 12.1 Å². The van der Waals surface area contributed by atoms with Crippen LogP contribution < -0.4 is 4.74 Å². The highest BCUT2D eigenvalue weighted by molar-refractivity contribution is 7.98. The lowest BCUT2D eigenvalue weighted by Gasteiger charge is -2.07. The van der Waals surface area contributed by atoms with Crippen LogP contribution in [0, 0.1) is 0 Å². The second-order valence-electron chi connectivity index (χ2n) is 6.92. The molecular weight excluding hydrogens is 420 g/mol. The van der Waals surface area contributed by atoms with Crippen LogP contribution in [-0.2, 0) is 12.2 Å². The zero-order valence-electron chi connectivity index (χ0n) is 15.9. The van der Waals surface area contributed by atoms with Crippen LogP contribution in [0.15, 0.2) is 52.3 Å². The average Bonchev–Trinajstić information content (AvgIpc) is 3.13. The van der Waals surface area contributed by atoms with Crippen molar-refractivity contribution in [3.63, 3.8) is 0 Å². The molecule has 1 fully saturated rings. The molecule has 3 aromatic heterocycles. The Morgan fingerprint density at radius 3 is 2.72 bits per heavy atom. The first-order valence-corrected chi connectivity index (χ1v) is 12.2. The van der Waals surface area contributed by atoms with Crippen molar-refractivity contribution in [2.45, 2.75) is 36.2 Å². The molecule has 4 aromatic rings. The minimum atomic E-state index is 0.563. The minimum Gasteiger partial charge on any atom is -0.497 e. The van der Waals surface area contributed by atoms with Crippen LogP contribution in [0.4, 0.5) is 0 Å². The Balaban J connectivity index is 1.29. The number of thioether (sulfide) groups is 1. The van der Waals surface area contributed by atoms with Crippen molar-refractivity contribution >= 4 is 34.4 Å². The largest absolute Gasteiger partial charge is 0.497 e. The fraction of sp³-hybridized carbons (Fsp3) is 0.286. The number of benzene rings is 1. The summed E-state index contributed by atoms with van der Waals surface area (Å²) in [7, 11) is 1.68. The van der Waals surface area contributed by atoms with E-state index in [4.69, 9.17) is 9.72 Å². The van der Waals surface area contributed by atoms with Crippen molar-refractivity contribution in [2.75, 3.05) is 7.11 Å². The number of hydrogen-bond acceptors (Lipinski definition) is 7. The SMILES string of the molecule is COc1ccc(-c2nc(CSc3nnc(Cc4cccs4)n3C3CC3)cs2)cc1. The van der Waals surface area contributed by atoms with Gasteiger partial charge in [0.05, 0.1) is 12.8 Å². The average molecular weight is 441 g/mol. The van der Waals surface area contributed by atoms with Crippen molar-refractivity contribution in [1.82, 2.24) is 19.7 Å². The Bertz CT molecular complexity index is 1080. The summed E-state index contributed by atoms with van der Waals surface area (Å²) in [6.07, 6.45) is 3.31. The highest BCUT2D eigenvalue weighted by Gasteiger charge is 2.29. The molecule has 0 amide bonds. The van der Waals surface area contributed by atoms with Crippen LogP contribution in [0.2, 0.25) is 0 Å². The van der Waals surface area contributed by atoms with E-state index < -0.39 is 0 Å². The molecule has 0 atom stereocenters. The third-order valence-electron chi connectivity index (χ3n) is 4.80. The van der Waals surface area contributed by atoms with Crippen molar-refractivity contribution in [3.05, 3.63) is 63.6 Å². The van der Waals surface area contributed by atoms with Crippen molar-refractivity contribution in [2.24, 2.45) is 0 Å². The first kappa shape index (κ1) is 18.8. The van der Waals surface area contributed by atoms with Crippen molar-refractivity contribution in [1.29, 1.82) is 0 Å². The van der Waals surface area contributed by atoms with E-state index in [0.29, 0.717) is 6.04 Å². The normalized spacial score (nSPS) is 13.7. The molecular formula is C21H20N4OS3. The van der Waals surface area contributed by atoms with Crippen LogP contribution >= 0.6 is 34.4 Å². The molecule has 1 aliphatic rings. The Morgan fingerprint density at radius 2 is 2.00 bits per heavy atom. The van der Waals surface area contributed by atoms with Gasteiger partial charge in [-0.1, -0.05) is 17.8 Å². The van der Waals surface area contributed by atoms with Crippen molar-refractivity contribution in [3.8, 4) is 16.3 Å². The highest BCUT2D eigenvalue weighted by atomic mass is 32.2. The van der Waals surface area contributed by atoms with Gasteiger partial charge in [0.25, 0.3) is 0 Å². The van der Waals surface area contributed by atoms with Crippen LogP contribution in [0.25, 0.3) is 10.6 Å². The van der Waals surface area contributed by atoms with Crippen LogP contribution in [-0.4, -0.2) is 26.9 Å². The molecule has 0 aliphatic heterocycles. The monoisotopic (exact) mass is 440 g/mol. The third-order valence-corrected chi connectivity index (χ3v) is 7.59. The van der Waals surface area contributed by atoms with E-state index in [0.717, 1.165) is 45.2 Å². The minimum absolute atomic E-state index is 0.563. The fourth-order valence-corrected chi connectivity index (χ4v) is 5.72. The molecule has 0 radical (unpaired) electrons. The van der Waals surface area contributed by atoms with Gasteiger partial charge in [0.1, 0.15) is 16.6 Å². The third kappa shape index (κ3) is 4.24. The van der Waals surface area contributed by atoms with Gasteiger partial charge >= 0.3 is 0 Å². The van der Waals surface area contributed by atoms with Gasteiger partial charge in [0.2, 0.25) is 0 Å². The molecule has 1 aliphatic carbocycles. The Morgan fingerprint density at radius 1 is 1.14 bits per heavy atom. The molecule has 5 rings (SSSR count). The number of ether oxygens (including phenoxy) is 1. The number of hydrogen-bond donors (Lipinski definition) is 0. The topological polar surface area (TPSA) is 52.8 Å². The number of aromatic nitrogens is 4. The quantitative estimate of drug-likeness (QED) is 0.330. The molecule has 3 heterocycles. The summed E-state index contributed by atoms with van der Waals surface area (Å²) in [5.74, 6) is 2.74. The smallest absolute Gasteiger partial charge is 0.191 e. The molecule has 0 bridgehead atoms. The molecule has 1 saturated carbocycles. The van der Waals surface area contributed by atoms with Crippen LogP contribution in [0.3, 0.4) is 0 Å². The van der Waals surface area contributed by atoms with E-state index in [1.54, 1.807) is 41.5 Å². The van der Waals surface area contributed by atoms with Gasteiger partial charge in [-0.25, -0.2) is 4.98 Å². The summed E-state index contributed by atoms with van der Waals surface area (Å²) in [5.41, 5.74) is 2.20. The maximum Gasteiger partial charge on any atom is 0.191 e. The summed E-state index contributed by atoms with van der Waals surface area (Å²) >= 11 is 5.19. The summed E-state index contributed by atoms with van der Waals surface area (Å²) < 4.78 is 7.58. The van der Waals surface area contributed by atoms with Gasteiger partial charge in [-0.05, 0) is 48.6 Å². The van der Waals surface area contributed by atoms with Gasteiger partial charge < -0.3 is 9.30 Å². The zero-order chi connectivity index (χ0) is 19.6. The fourth-order valence-electron chi connectivity index (χ4n) is 3.17. The number of rotatable bonds is 8. The molecule has 5 nitrogen and oxygen atoms in total. The van der Waals surface area contributed by atoms with E-state index >= 15 is 0 Å². The van der Waals surface area contributed by atoms with Crippen LogP contribution in [0.1, 0.15) is 35.3 Å². The first-order chi connectivity index (χ1) is 14.3. The molecule has 0 unspecified atom stereocenters. The number of nitrogens with zero attached hydrogens (tertiary/aromatic N) is 4. The zero-order valence-corrected chi connectivity index (χ0v) is 18.4. The lowest BCUT2D eigenvalue weighted by atomic mass is 10.2. The summed E-state index contributed by atoms with van der Waals surface area (Å²) in [5, 5.41) is 15.3. The molecule has 148 valence electrons. The van der Waals surface area contributed by atoms with Gasteiger partial charge in [0.15, 0.2) is 5.16 Å². The highest BCUT2D eigenvalue weighted by Crippen LogP contribution is 2.40. The molecule has 29 heavy (non-hydrogen) atoms. The number of thiophene rings is 1. The maximum atomic E-state index is 5.23. The molecule has 1 aromatic carbocycles. The molecule has 0 spiro atoms. The molecule has 8 heteroatoms. The number of thiazole rings is 1. The van der Waals surface area contributed by atoms with Crippen molar-refractivity contribution < 1.29 is 4.74 Å². The Hall–Kier alpha value is -2.16. The predicted molar refractivity (Wildman–Crippen MR) is 119 cm³/mol. The first-order valence-electron chi connectivity index (χ1n) is 9.48. The van der Waals surface area contributed by atoms with Gasteiger partial charge in [-0.15, -0.1) is 32.9 Å². The van der Waals surface area contributed by atoms with Gasteiger partial charge in [-0.3, -0.25) is 0 Å². The van der Waals surface area contributed by atoms with Gasteiger partial charge in [0, 0.05) is 34.0 Å². The van der Waals surface area contributed by atoms with Gasteiger partial charge in [-0.2, -0.15) is 0 Å². The lowest BCUT2D eigenvalue weighted by molar-refractivity contribution is 0.415. The Labute approximate surface area is 181 Å². The second-order valence-corrected chi connectivity index (χ2v) is 9.75. The van der Waals surface area contributed by atoms with E-state index in [-0.39, 0.29) is 0 Å². The summed E-state index contributed by atoms with van der Waals surface area (Å²) in [6.45, 7) is 0. The Kier molecular flexibility index (Phi) is 5.39. The lowest BCUT2D eigenvalue weighted by Crippen LogP contribution is -2.03. The van der Waals surface area contributed by atoms with Crippen LogP contribution in [0.5, 0.6) is 5.75 Å². The van der Waals surface area contributed by atoms with E-state index in [9.17, 15) is 0 Å². The molecule has 0 saturated heterocycles. The summed E-state index contributed by atoms with van der Waals surface area (Å²) in [4.78, 5) is 6.14. The predicted octanol–water partition coefficient (Wildman–Crippen LogP) is 5.69. The van der Waals surface area contributed by atoms with E-state index in [1.165, 1.54) is 17.7 Å². The molecule has 0 N–H and O–H groups in total. The maximum absolute atomic E-state index is 5.23. The standard InChI is InChI=1S/C21H20N4OS3/c1-26-17-8-4-14(5-9-17)20-22-15(12-28-20)13-29-21-24-23-19(25(21)16-6-7-16)11-18-3-2-10-27-18/h2-5,8-10,12,16H,6-7,11,13H2,1H3. The van der Waals surface area contributed by atoms with E-state index in [2.05, 4.69) is 49.8 Å². The number of methoxy groups -OCH3 is 1.